The van der Waals surface area contributed by atoms with Crippen LogP contribution in [0.25, 0.3) is 11.5 Å². The molecule has 1 aliphatic carbocycles. The van der Waals surface area contributed by atoms with Gasteiger partial charge in [0.1, 0.15) is 0 Å². The highest BCUT2D eigenvalue weighted by atomic mass is 19.3. The van der Waals surface area contributed by atoms with Crippen LogP contribution in [0.5, 0.6) is 0 Å². The van der Waals surface area contributed by atoms with E-state index in [0.717, 1.165) is 17.1 Å². The molecule has 9 heteroatoms. The summed E-state index contributed by atoms with van der Waals surface area (Å²) < 4.78 is 30.8. The van der Waals surface area contributed by atoms with Crippen LogP contribution in [0.3, 0.4) is 0 Å². The number of nitrogens with zero attached hydrogens (tertiary/aromatic N) is 6. The number of hydrogen-bond acceptors (Lipinski definition) is 5. The molecule has 0 radical (unpaired) electrons. The van der Waals surface area contributed by atoms with Gasteiger partial charge in [0.05, 0.1) is 41.2 Å². The van der Waals surface area contributed by atoms with E-state index in [4.69, 9.17) is 0 Å². The topological polar surface area (TPSA) is 72.9 Å². The largest absolute Gasteiger partial charge is 0.375 e. The molecule has 0 aromatic carbocycles. The minimum atomic E-state index is -2.58. The maximum Gasteiger partial charge on any atom is 0.250 e. The van der Waals surface area contributed by atoms with Crippen LogP contribution in [0, 0.1) is 12.8 Å². The summed E-state index contributed by atoms with van der Waals surface area (Å²) in [6.45, 7) is 5.99. The molecule has 1 fully saturated rings. The molecule has 1 N–H and O–H groups in total. The van der Waals surface area contributed by atoms with Crippen molar-refractivity contribution in [3.05, 3.63) is 48.3 Å². The quantitative estimate of drug-likeness (QED) is 0.727. The summed E-state index contributed by atoms with van der Waals surface area (Å²) in [6.07, 6.45) is 5.77. The van der Waals surface area contributed by atoms with Gasteiger partial charge in [0, 0.05) is 26.1 Å². The zero-order valence-electron chi connectivity index (χ0n) is 15.9. The van der Waals surface area contributed by atoms with Crippen LogP contribution in [0.15, 0.2) is 31.2 Å². The van der Waals surface area contributed by atoms with Crippen LogP contribution in [0.2, 0.25) is 0 Å². The fraction of sp³-hybridized carbons (Fsp3) is 0.474. The second-order valence-electron chi connectivity index (χ2n) is 7.44. The van der Waals surface area contributed by atoms with E-state index in [2.05, 4.69) is 32.1 Å². The average molecular weight is 387 g/mol. The van der Waals surface area contributed by atoms with Crippen molar-refractivity contribution in [1.82, 2.24) is 34.7 Å². The molecule has 0 bridgehead atoms. The zero-order chi connectivity index (χ0) is 19.9. The van der Waals surface area contributed by atoms with Crippen LogP contribution in [0.1, 0.15) is 48.8 Å². The van der Waals surface area contributed by atoms with Gasteiger partial charge in [-0.3, -0.25) is 4.68 Å². The first-order valence-corrected chi connectivity index (χ1v) is 9.33. The highest BCUT2D eigenvalue weighted by Gasteiger charge is 2.39. The third-order valence-electron chi connectivity index (χ3n) is 5.33. The number of nitrogens with one attached hydrogen (secondary N) is 1. The van der Waals surface area contributed by atoms with Crippen LogP contribution in [-0.2, 0) is 7.05 Å². The monoisotopic (exact) mass is 387 g/mol. The number of hydrogen-bond donors (Lipinski definition) is 1. The molecule has 0 spiro atoms. The zero-order valence-corrected chi connectivity index (χ0v) is 15.9. The Balaban J connectivity index is 1.66. The van der Waals surface area contributed by atoms with Crippen LogP contribution < -0.4 is 5.32 Å². The Hall–Kier alpha value is -2.84. The van der Waals surface area contributed by atoms with Gasteiger partial charge in [-0.15, -0.1) is 0 Å². The molecule has 0 aliphatic heterocycles. The minimum Gasteiger partial charge on any atom is -0.375 e. The Kier molecular flexibility index (Phi) is 4.60. The summed E-state index contributed by atoms with van der Waals surface area (Å²) in [5.74, 6) is -2.09. The van der Waals surface area contributed by atoms with Crippen molar-refractivity contribution >= 4 is 11.5 Å². The normalized spacial score (nSPS) is 18.3. The lowest BCUT2D eigenvalue weighted by Gasteiger charge is -2.34. The first-order chi connectivity index (χ1) is 13.3. The SMILES string of the molecule is C=C(NC(c1cn2nc(C)cnc2n1)C1CCC(F)(F)CC1)c1ccnn1C. The standard InChI is InChI=1S/C19H23F2N7/c1-12-10-22-18-25-15(11-28(18)26-12)17(14-4-7-19(20,21)8-5-14)24-13(2)16-6-9-23-27(16)3/h6,9-11,14,17,24H,2,4-5,7-8H2,1,3H3. The molecule has 28 heavy (non-hydrogen) atoms. The summed E-state index contributed by atoms with van der Waals surface area (Å²) in [5, 5.41) is 12.0. The van der Waals surface area contributed by atoms with Crippen LogP contribution in [-0.4, -0.2) is 35.3 Å². The first kappa shape index (κ1) is 18.5. The van der Waals surface area contributed by atoms with Crippen molar-refractivity contribution in [1.29, 1.82) is 0 Å². The predicted octanol–water partition coefficient (Wildman–Crippen LogP) is 3.29. The van der Waals surface area contributed by atoms with Crippen molar-refractivity contribution in [3.8, 4) is 0 Å². The molecule has 4 rings (SSSR count). The number of alkyl halides is 2. The summed E-state index contributed by atoms with van der Waals surface area (Å²) in [7, 11) is 1.83. The Morgan fingerprint density at radius 1 is 1.36 bits per heavy atom. The van der Waals surface area contributed by atoms with Gasteiger partial charge in [-0.1, -0.05) is 6.58 Å². The number of aryl methyl sites for hydroxylation is 2. The van der Waals surface area contributed by atoms with Crippen molar-refractivity contribution in [3.63, 3.8) is 0 Å². The fourth-order valence-electron chi connectivity index (χ4n) is 3.80. The van der Waals surface area contributed by atoms with E-state index in [1.54, 1.807) is 21.6 Å². The molecular formula is C19H23F2N7. The molecule has 1 saturated carbocycles. The Morgan fingerprint density at radius 3 is 2.79 bits per heavy atom. The molecule has 0 amide bonds. The number of aromatic nitrogens is 6. The second-order valence-corrected chi connectivity index (χ2v) is 7.44. The van der Waals surface area contributed by atoms with E-state index < -0.39 is 5.92 Å². The van der Waals surface area contributed by atoms with Gasteiger partial charge in [0.2, 0.25) is 5.92 Å². The number of halogens is 2. The number of rotatable bonds is 5. The van der Waals surface area contributed by atoms with Crippen LogP contribution in [0.4, 0.5) is 8.78 Å². The Labute approximate surface area is 161 Å². The number of imidazole rings is 1. The highest BCUT2D eigenvalue weighted by molar-refractivity contribution is 5.58. The molecule has 1 aliphatic rings. The molecule has 1 unspecified atom stereocenters. The molecule has 3 aromatic heterocycles. The van der Waals surface area contributed by atoms with E-state index in [0.29, 0.717) is 24.3 Å². The molecular weight excluding hydrogens is 364 g/mol. The summed E-state index contributed by atoms with van der Waals surface area (Å²) >= 11 is 0. The minimum absolute atomic E-state index is 0.00983. The van der Waals surface area contributed by atoms with Crippen molar-refractivity contribution in [2.45, 2.75) is 44.6 Å². The molecule has 0 saturated heterocycles. The molecule has 148 valence electrons. The average Bonchev–Trinajstić information content (AvgIpc) is 3.25. The lowest BCUT2D eigenvalue weighted by Crippen LogP contribution is -2.34. The van der Waals surface area contributed by atoms with Crippen molar-refractivity contribution in [2.24, 2.45) is 13.0 Å². The van der Waals surface area contributed by atoms with Crippen LogP contribution >= 0.6 is 0 Å². The van der Waals surface area contributed by atoms with E-state index in [-0.39, 0.29) is 24.8 Å². The van der Waals surface area contributed by atoms with Gasteiger partial charge in [-0.05, 0) is 31.7 Å². The first-order valence-electron chi connectivity index (χ1n) is 9.33. The van der Waals surface area contributed by atoms with Gasteiger partial charge in [-0.25, -0.2) is 23.3 Å². The third-order valence-corrected chi connectivity index (χ3v) is 5.33. The van der Waals surface area contributed by atoms with Crippen molar-refractivity contribution < 1.29 is 8.78 Å². The smallest absolute Gasteiger partial charge is 0.250 e. The maximum atomic E-state index is 13.7. The summed E-state index contributed by atoms with van der Waals surface area (Å²) in [6, 6.07) is 1.60. The third kappa shape index (κ3) is 3.61. The van der Waals surface area contributed by atoms with Gasteiger partial charge >= 0.3 is 0 Å². The van der Waals surface area contributed by atoms with E-state index in [9.17, 15) is 8.78 Å². The predicted molar refractivity (Wildman–Crippen MR) is 101 cm³/mol. The van der Waals surface area contributed by atoms with E-state index in [1.807, 2.05) is 26.2 Å². The summed E-state index contributed by atoms with van der Waals surface area (Å²) in [5.41, 5.74) is 3.01. The Morgan fingerprint density at radius 2 is 2.11 bits per heavy atom. The Bertz CT molecular complexity index is 997. The fourth-order valence-corrected chi connectivity index (χ4v) is 3.80. The lowest BCUT2D eigenvalue weighted by molar-refractivity contribution is -0.0493. The second kappa shape index (κ2) is 6.96. The van der Waals surface area contributed by atoms with Gasteiger partial charge < -0.3 is 5.32 Å². The van der Waals surface area contributed by atoms with E-state index in [1.165, 1.54) is 0 Å². The molecule has 3 heterocycles. The lowest BCUT2D eigenvalue weighted by atomic mass is 9.81. The highest BCUT2D eigenvalue weighted by Crippen LogP contribution is 2.41. The molecule has 1 atom stereocenters. The molecule has 7 nitrogen and oxygen atoms in total. The summed E-state index contributed by atoms with van der Waals surface area (Å²) in [4.78, 5) is 8.90. The molecule has 3 aromatic rings. The van der Waals surface area contributed by atoms with Gasteiger partial charge in [0.15, 0.2) is 0 Å². The van der Waals surface area contributed by atoms with Crippen molar-refractivity contribution in [2.75, 3.05) is 0 Å². The maximum absolute atomic E-state index is 13.7. The number of fused-ring (bicyclic) bond motifs is 1. The van der Waals surface area contributed by atoms with Gasteiger partial charge in [0.25, 0.3) is 5.78 Å². The van der Waals surface area contributed by atoms with E-state index >= 15 is 0 Å². The van der Waals surface area contributed by atoms with Gasteiger partial charge in [-0.2, -0.15) is 10.2 Å².